The summed E-state index contributed by atoms with van der Waals surface area (Å²) in [5, 5.41) is 5.34. The number of nitrogen functional groups attached to an aromatic ring is 1. The van der Waals surface area contributed by atoms with E-state index in [4.69, 9.17) is 10.5 Å². The van der Waals surface area contributed by atoms with Crippen molar-refractivity contribution in [2.24, 2.45) is 0 Å². The van der Waals surface area contributed by atoms with Crippen molar-refractivity contribution in [3.8, 4) is 6.01 Å². The first kappa shape index (κ1) is 13.6. The number of nitrogens with two attached hydrogens (primary N) is 1. The van der Waals surface area contributed by atoms with E-state index in [2.05, 4.69) is 42.3 Å². The Morgan fingerprint density at radius 1 is 1.05 bits per heavy atom. The van der Waals surface area contributed by atoms with Gasteiger partial charge in [-0.25, -0.2) is 0 Å². The number of benzene rings is 2. The molecule has 0 aliphatic rings. The zero-order valence-corrected chi connectivity index (χ0v) is 12.8. The van der Waals surface area contributed by atoms with E-state index in [0.29, 0.717) is 5.95 Å². The highest BCUT2D eigenvalue weighted by Crippen LogP contribution is 2.24. The zero-order valence-electron chi connectivity index (χ0n) is 11.2. The fourth-order valence-corrected chi connectivity index (χ4v) is 2.32. The van der Waals surface area contributed by atoms with Crippen molar-refractivity contribution in [1.29, 1.82) is 0 Å². The molecular formula is C14H12BrN5O. The average molecular weight is 346 g/mol. The van der Waals surface area contributed by atoms with E-state index in [1.807, 2.05) is 30.3 Å². The number of nitrogens with one attached hydrogen (secondary N) is 1. The number of anilines is 3. The second-order valence-corrected chi connectivity index (χ2v) is 5.25. The zero-order chi connectivity index (χ0) is 14.8. The molecule has 0 saturated heterocycles. The van der Waals surface area contributed by atoms with Gasteiger partial charge in [0.1, 0.15) is 0 Å². The molecule has 6 nitrogen and oxygen atoms in total. The van der Waals surface area contributed by atoms with Crippen LogP contribution < -0.4 is 15.8 Å². The number of hydrogen-bond donors (Lipinski definition) is 2. The molecule has 1 heterocycles. The summed E-state index contributed by atoms with van der Waals surface area (Å²) in [5.74, 6) is 0.449. The molecule has 0 bridgehead atoms. The fraction of sp³-hybridized carbons (Fsp3) is 0.0714. The minimum absolute atomic E-state index is 0.106. The van der Waals surface area contributed by atoms with Crippen LogP contribution in [0.3, 0.4) is 0 Å². The summed E-state index contributed by atoms with van der Waals surface area (Å²) >= 11 is 3.46. The quantitative estimate of drug-likeness (QED) is 0.758. The SMILES string of the molecule is COc1nc(N)nc(Nc2ccc3cc(Br)ccc3c2)n1. The summed E-state index contributed by atoms with van der Waals surface area (Å²) in [6, 6.07) is 12.2. The molecule has 21 heavy (non-hydrogen) atoms. The Balaban J connectivity index is 1.94. The molecule has 0 radical (unpaired) electrons. The molecule has 0 amide bonds. The maximum absolute atomic E-state index is 5.61. The van der Waals surface area contributed by atoms with Crippen LogP contribution in [0.25, 0.3) is 10.8 Å². The van der Waals surface area contributed by atoms with E-state index in [0.717, 1.165) is 20.9 Å². The van der Waals surface area contributed by atoms with Gasteiger partial charge in [0.15, 0.2) is 0 Å². The summed E-state index contributed by atoms with van der Waals surface area (Å²) in [6.45, 7) is 0. The van der Waals surface area contributed by atoms with Crippen LogP contribution in [-0.2, 0) is 0 Å². The first-order valence-corrected chi connectivity index (χ1v) is 6.95. The van der Waals surface area contributed by atoms with Gasteiger partial charge in [0.2, 0.25) is 11.9 Å². The molecule has 0 atom stereocenters. The van der Waals surface area contributed by atoms with E-state index in [9.17, 15) is 0 Å². The molecule has 0 unspecified atom stereocenters. The number of aromatic nitrogens is 3. The number of hydrogen-bond acceptors (Lipinski definition) is 6. The summed E-state index contributed by atoms with van der Waals surface area (Å²) in [6.07, 6.45) is 0. The van der Waals surface area contributed by atoms with Crippen LogP contribution in [0.5, 0.6) is 6.01 Å². The maximum Gasteiger partial charge on any atom is 0.322 e. The minimum Gasteiger partial charge on any atom is -0.467 e. The van der Waals surface area contributed by atoms with Crippen LogP contribution in [0.2, 0.25) is 0 Å². The van der Waals surface area contributed by atoms with Gasteiger partial charge in [0.05, 0.1) is 7.11 Å². The summed E-state index contributed by atoms with van der Waals surface area (Å²) in [5.41, 5.74) is 6.47. The molecule has 0 aliphatic heterocycles. The van der Waals surface area contributed by atoms with Gasteiger partial charge in [0, 0.05) is 10.2 Å². The van der Waals surface area contributed by atoms with Crippen molar-refractivity contribution >= 4 is 44.3 Å². The largest absolute Gasteiger partial charge is 0.467 e. The highest BCUT2D eigenvalue weighted by molar-refractivity contribution is 9.10. The third kappa shape index (κ3) is 3.03. The summed E-state index contributed by atoms with van der Waals surface area (Å²) < 4.78 is 6.02. The van der Waals surface area contributed by atoms with Gasteiger partial charge >= 0.3 is 6.01 Å². The van der Waals surface area contributed by atoms with E-state index >= 15 is 0 Å². The lowest BCUT2D eigenvalue weighted by Crippen LogP contribution is -2.05. The second-order valence-electron chi connectivity index (χ2n) is 4.34. The van der Waals surface area contributed by atoms with E-state index in [-0.39, 0.29) is 12.0 Å². The van der Waals surface area contributed by atoms with Crippen molar-refractivity contribution in [2.75, 3.05) is 18.2 Å². The third-order valence-electron chi connectivity index (χ3n) is 2.87. The molecule has 7 heteroatoms. The number of fused-ring (bicyclic) bond motifs is 1. The standard InChI is InChI=1S/C14H12BrN5O/c1-21-14-19-12(16)18-13(20-14)17-11-5-3-8-6-10(15)4-2-9(8)7-11/h2-7H,1H3,(H3,16,17,18,19,20). The van der Waals surface area contributed by atoms with Crippen LogP contribution >= 0.6 is 15.9 Å². The van der Waals surface area contributed by atoms with Gasteiger partial charge in [-0.05, 0) is 35.0 Å². The molecule has 0 spiro atoms. The molecule has 0 fully saturated rings. The highest BCUT2D eigenvalue weighted by atomic mass is 79.9. The van der Waals surface area contributed by atoms with Gasteiger partial charge in [-0.15, -0.1) is 0 Å². The van der Waals surface area contributed by atoms with Crippen LogP contribution in [0.15, 0.2) is 40.9 Å². The smallest absolute Gasteiger partial charge is 0.322 e. The number of methoxy groups -OCH3 is 1. The predicted molar refractivity (Wildman–Crippen MR) is 85.7 cm³/mol. The second kappa shape index (κ2) is 5.53. The molecule has 3 N–H and O–H groups in total. The monoisotopic (exact) mass is 345 g/mol. The maximum atomic E-state index is 5.61. The molecule has 3 rings (SSSR count). The first-order valence-electron chi connectivity index (χ1n) is 6.16. The van der Waals surface area contributed by atoms with E-state index in [1.54, 1.807) is 0 Å². The Morgan fingerprint density at radius 2 is 1.81 bits per heavy atom. The molecule has 106 valence electrons. The highest BCUT2D eigenvalue weighted by Gasteiger charge is 2.05. The fourth-order valence-electron chi connectivity index (χ4n) is 1.94. The first-order chi connectivity index (χ1) is 10.1. The van der Waals surface area contributed by atoms with Crippen LogP contribution in [0.1, 0.15) is 0 Å². The van der Waals surface area contributed by atoms with E-state index < -0.39 is 0 Å². The lowest BCUT2D eigenvalue weighted by atomic mass is 10.1. The Hall–Kier alpha value is -2.41. The van der Waals surface area contributed by atoms with E-state index in [1.165, 1.54) is 7.11 Å². The molecular weight excluding hydrogens is 334 g/mol. The number of halogens is 1. The average Bonchev–Trinajstić information content (AvgIpc) is 2.47. The molecule has 0 aliphatic carbocycles. The minimum atomic E-state index is 0.106. The van der Waals surface area contributed by atoms with Crippen molar-refractivity contribution in [1.82, 2.24) is 15.0 Å². The van der Waals surface area contributed by atoms with Gasteiger partial charge in [-0.2, -0.15) is 15.0 Å². The lowest BCUT2D eigenvalue weighted by Gasteiger charge is -2.08. The topological polar surface area (TPSA) is 86.0 Å². The molecule has 0 saturated carbocycles. The Morgan fingerprint density at radius 3 is 2.62 bits per heavy atom. The van der Waals surface area contributed by atoms with Crippen molar-refractivity contribution in [3.63, 3.8) is 0 Å². The van der Waals surface area contributed by atoms with Gasteiger partial charge in [-0.1, -0.05) is 28.1 Å². The lowest BCUT2D eigenvalue weighted by molar-refractivity contribution is 0.380. The molecule has 3 aromatic rings. The van der Waals surface area contributed by atoms with Crippen molar-refractivity contribution in [3.05, 3.63) is 40.9 Å². The Labute approximate surface area is 129 Å². The Kier molecular flexibility index (Phi) is 3.57. The normalized spacial score (nSPS) is 10.6. The predicted octanol–water partition coefficient (Wildman–Crippen LogP) is 3.12. The Bertz CT molecular complexity index is 808. The van der Waals surface area contributed by atoms with Gasteiger partial charge in [-0.3, -0.25) is 0 Å². The van der Waals surface area contributed by atoms with Gasteiger partial charge < -0.3 is 15.8 Å². The molecule has 2 aromatic carbocycles. The number of ether oxygens (including phenoxy) is 1. The van der Waals surface area contributed by atoms with Crippen molar-refractivity contribution < 1.29 is 4.74 Å². The van der Waals surface area contributed by atoms with Crippen LogP contribution in [-0.4, -0.2) is 22.1 Å². The number of rotatable bonds is 3. The summed E-state index contributed by atoms with van der Waals surface area (Å²) in [4.78, 5) is 12.0. The van der Waals surface area contributed by atoms with Crippen LogP contribution in [0.4, 0.5) is 17.6 Å². The third-order valence-corrected chi connectivity index (χ3v) is 3.37. The molecule has 1 aromatic heterocycles. The van der Waals surface area contributed by atoms with Gasteiger partial charge in [0.25, 0.3) is 0 Å². The van der Waals surface area contributed by atoms with Crippen LogP contribution in [0, 0.1) is 0 Å². The number of nitrogens with zero attached hydrogens (tertiary/aromatic N) is 3. The summed E-state index contributed by atoms with van der Waals surface area (Å²) in [7, 11) is 1.48. The van der Waals surface area contributed by atoms with Crippen molar-refractivity contribution in [2.45, 2.75) is 0 Å².